The number of anilines is 1. The highest BCUT2D eigenvalue weighted by molar-refractivity contribution is 5.86. The summed E-state index contributed by atoms with van der Waals surface area (Å²) in [6, 6.07) is 6.76. The average Bonchev–Trinajstić information content (AvgIpc) is 3.18. The fourth-order valence-corrected chi connectivity index (χ4v) is 3.17. The Morgan fingerprint density at radius 1 is 1.35 bits per heavy atom. The van der Waals surface area contributed by atoms with Crippen molar-refractivity contribution < 1.29 is 9.15 Å². The number of fused-ring (bicyclic) bond motifs is 3. The van der Waals surface area contributed by atoms with E-state index in [1.54, 1.807) is 7.11 Å². The number of aromatic nitrogens is 3. The van der Waals surface area contributed by atoms with Gasteiger partial charge in [-0.2, -0.15) is 0 Å². The predicted octanol–water partition coefficient (Wildman–Crippen LogP) is 3.07. The molecule has 1 aliphatic heterocycles. The van der Waals surface area contributed by atoms with Gasteiger partial charge in [0, 0.05) is 48.1 Å². The van der Waals surface area contributed by atoms with E-state index in [9.17, 15) is 0 Å². The summed E-state index contributed by atoms with van der Waals surface area (Å²) in [7, 11) is 1.69. The van der Waals surface area contributed by atoms with Crippen LogP contribution in [0.1, 0.15) is 30.5 Å². The molecule has 0 bridgehead atoms. The Hall–Kier alpha value is -2.50. The van der Waals surface area contributed by atoms with E-state index in [1.807, 2.05) is 6.07 Å². The molecule has 3 aromatic rings. The lowest BCUT2D eigenvalue weighted by atomic mass is 10.0. The number of methoxy groups -OCH3 is 1. The predicted molar refractivity (Wildman–Crippen MR) is 87.9 cm³/mol. The lowest BCUT2D eigenvalue weighted by molar-refractivity contribution is 0.415. The molecule has 0 saturated carbocycles. The van der Waals surface area contributed by atoms with E-state index < -0.39 is 0 Å². The van der Waals surface area contributed by atoms with Gasteiger partial charge < -0.3 is 19.0 Å². The SMILES string of the molecule is CCCc1nnc(N2CCc3[nH]c4ccc(OC)cc4c3C2)o1. The monoisotopic (exact) mass is 312 g/mol. The molecule has 0 radical (unpaired) electrons. The molecule has 0 fully saturated rings. The van der Waals surface area contributed by atoms with E-state index in [0.717, 1.165) is 43.6 Å². The maximum Gasteiger partial charge on any atom is 0.318 e. The molecule has 2 aromatic heterocycles. The zero-order valence-electron chi connectivity index (χ0n) is 13.4. The highest BCUT2D eigenvalue weighted by Gasteiger charge is 2.24. The average molecular weight is 312 g/mol. The molecule has 120 valence electrons. The third-order valence-electron chi connectivity index (χ3n) is 4.37. The molecule has 4 rings (SSSR count). The molecule has 0 aliphatic carbocycles. The normalized spacial score (nSPS) is 14.3. The van der Waals surface area contributed by atoms with Gasteiger partial charge in [-0.05, 0) is 24.6 Å². The van der Waals surface area contributed by atoms with Crippen LogP contribution in [-0.2, 0) is 19.4 Å². The quantitative estimate of drug-likeness (QED) is 0.802. The van der Waals surface area contributed by atoms with Crippen molar-refractivity contribution in [2.24, 2.45) is 0 Å². The van der Waals surface area contributed by atoms with Crippen molar-refractivity contribution in [2.75, 3.05) is 18.6 Å². The topological polar surface area (TPSA) is 67.2 Å². The Bertz CT molecular complexity index is 836. The van der Waals surface area contributed by atoms with Crippen molar-refractivity contribution in [1.82, 2.24) is 15.2 Å². The Morgan fingerprint density at radius 2 is 2.26 bits per heavy atom. The van der Waals surface area contributed by atoms with Crippen LogP contribution in [0.4, 0.5) is 6.01 Å². The highest BCUT2D eigenvalue weighted by Crippen LogP contribution is 2.32. The summed E-state index contributed by atoms with van der Waals surface area (Å²) in [5.41, 5.74) is 3.73. The zero-order valence-corrected chi connectivity index (χ0v) is 13.4. The standard InChI is InChI=1S/C17H20N4O2/c1-3-4-16-19-20-17(23-16)21-8-7-15-13(10-21)12-9-11(22-2)5-6-14(12)18-15/h5-6,9,18H,3-4,7-8,10H2,1-2H3. The molecule has 1 aliphatic rings. The summed E-state index contributed by atoms with van der Waals surface area (Å²) in [4.78, 5) is 5.67. The van der Waals surface area contributed by atoms with Gasteiger partial charge in [-0.25, -0.2) is 0 Å². The molecule has 3 heterocycles. The van der Waals surface area contributed by atoms with E-state index >= 15 is 0 Å². The maximum atomic E-state index is 5.78. The number of aryl methyl sites for hydroxylation is 1. The molecule has 1 N–H and O–H groups in total. The van der Waals surface area contributed by atoms with Crippen LogP contribution in [0.3, 0.4) is 0 Å². The van der Waals surface area contributed by atoms with Crippen molar-refractivity contribution in [3.05, 3.63) is 35.3 Å². The van der Waals surface area contributed by atoms with Gasteiger partial charge in [-0.1, -0.05) is 12.0 Å². The molecule has 0 spiro atoms. The summed E-state index contributed by atoms with van der Waals surface area (Å²) in [6.07, 6.45) is 2.78. The smallest absolute Gasteiger partial charge is 0.318 e. The van der Waals surface area contributed by atoms with Crippen LogP contribution in [-0.4, -0.2) is 28.8 Å². The van der Waals surface area contributed by atoms with Crippen LogP contribution in [0.25, 0.3) is 10.9 Å². The van der Waals surface area contributed by atoms with Crippen molar-refractivity contribution in [3.8, 4) is 5.75 Å². The molecule has 1 aromatic carbocycles. The second-order valence-corrected chi connectivity index (χ2v) is 5.89. The first kappa shape index (κ1) is 14.1. The first-order chi connectivity index (χ1) is 11.3. The van der Waals surface area contributed by atoms with Crippen LogP contribution >= 0.6 is 0 Å². The van der Waals surface area contributed by atoms with Gasteiger partial charge in [0.25, 0.3) is 0 Å². The van der Waals surface area contributed by atoms with Crippen LogP contribution in [0.2, 0.25) is 0 Å². The van der Waals surface area contributed by atoms with E-state index in [4.69, 9.17) is 9.15 Å². The number of hydrogen-bond acceptors (Lipinski definition) is 5. The molecular weight excluding hydrogens is 292 g/mol. The number of hydrogen-bond donors (Lipinski definition) is 1. The molecule has 23 heavy (non-hydrogen) atoms. The van der Waals surface area contributed by atoms with Gasteiger partial charge in [-0.3, -0.25) is 0 Å². The lowest BCUT2D eigenvalue weighted by Crippen LogP contribution is -2.30. The number of aromatic amines is 1. The van der Waals surface area contributed by atoms with Crippen molar-refractivity contribution in [3.63, 3.8) is 0 Å². The van der Waals surface area contributed by atoms with Crippen molar-refractivity contribution in [2.45, 2.75) is 32.7 Å². The van der Waals surface area contributed by atoms with E-state index in [0.29, 0.717) is 11.9 Å². The summed E-state index contributed by atoms with van der Waals surface area (Å²) in [5, 5.41) is 9.54. The van der Waals surface area contributed by atoms with E-state index in [2.05, 4.69) is 39.1 Å². The van der Waals surface area contributed by atoms with Gasteiger partial charge in [0.15, 0.2) is 0 Å². The van der Waals surface area contributed by atoms with Crippen LogP contribution in [0.5, 0.6) is 5.75 Å². The van der Waals surface area contributed by atoms with Crippen molar-refractivity contribution in [1.29, 1.82) is 0 Å². The first-order valence-corrected chi connectivity index (χ1v) is 8.03. The fraction of sp³-hybridized carbons (Fsp3) is 0.412. The number of rotatable bonds is 4. The van der Waals surface area contributed by atoms with Crippen LogP contribution in [0, 0.1) is 0 Å². The number of nitrogens with zero attached hydrogens (tertiary/aromatic N) is 3. The summed E-state index contributed by atoms with van der Waals surface area (Å²) in [6.45, 7) is 3.76. The molecule has 0 saturated heterocycles. The van der Waals surface area contributed by atoms with Crippen LogP contribution in [0.15, 0.2) is 22.6 Å². The Kier molecular flexibility index (Phi) is 3.44. The van der Waals surface area contributed by atoms with E-state index in [1.165, 1.54) is 16.6 Å². The highest BCUT2D eigenvalue weighted by atomic mass is 16.5. The van der Waals surface area contributed by atoms with Gasteiger partial charge in [-0.15, -0.1) is 5.10 Å². The zero-order chi connectivity index (χ0) is 15.8. The van der Waals surface area contributed by atoms with Crippen LogP contribution < -0.4 is 9.64 Å². The summed E-state index contributed by atoms with van der Waals surface area (Å²) in [5.74, 6) is 1.59. The molecule has 6 nitrogen and oxygen atoms in total. The molecular formula is C17H20N4O2. The third-order valence-corrected chi connectivity index (χ3v) is 4.37. The largest absolute Gasteiger partial charge is 0.497 e. The number of ether oxygens (including phenoxy) is 1. The van der Waals surface area contributed by atoms with Gasteiger partial charge in [0.05, 0.1) is 7.11 Å². The second-order valence-electron chi connectivity index (χ2n) is 5.89. The number of nitrogens with one attached hydrogen (secondary N) is 1. The minimum absolute atomic E-state index is 0.622. The van der Waals surface area contributed by atoms with Crippen molar-refractivity contribution >= 4 is 16.9 Å². The molecule has 6 heteroatoms. The maximum absolute atomic E-state index is 5.78. The second kappa shape index (κ2) is 5.61. The molecule has 0 amide bonds. The van der Waals surface area contributed by atoms with Gasteiger partial charge >= 0.3 is 6.01 Å². The molecule has 0 unspecified atom stereocenters. The summed E-state index contributed by atoms with van der Waals surface area (Å²) < 4.78 is 11.1. The molecule has 0 atom stereocenters. The number of H-pyrrole nitrogens is 1. The fourth-order valence-electron chi connectivity index (χ4n) is 3.17. The van der Waals surface area contributed by atoms with Gasteiger partial charge in [0.1, 0.15) is 5.75 Å². The number of benzene rings is 1. The minimum atomic E-state index is 0.622. The summed E-state index contributed by atoms with van der Waals surface area (Å²) >= 11 is 0. The Labute approximate surface area is 134 Å². The Morgan fingerprint density at radius 3 is 3.09 bits per heavy atom. The Balaban J connectivity index is 1.67. The third kappa shape index (κ3) is 2.44. The lowest BCUT2D eigenvalue weighted by Gasteiger charge is -2.25. The van der Waals surface area contributed by atoms with E-state index in [-0.39, 0.29) is 0 Å². The first-order valence-electron chi connectivity index (χ1n) is 8.03. The minimum Gasteiger partial charge on any atom is -0.497 e. The van der Waals surface area contributed by atoms with Gasteiger partial charge in [0.2, 0.25) is 5.89 Å².